The van der Waals surface area contributed by atoms with Crippen LogP contribution in [0.25, 0.3) is 0 Å². The smallest absolute Gasteiger partial charge is 0.355 e. The van der Waals surface area contributed by atoms with E-state index in [-0.39, 0.29) is 18.0 Å². The Hall–Kier alpha value is -2.50. The molecule has 2 rings (SSSR count). The molecule has 0 unspecified atom stereocenters. The minimum Gasteiger partial charge on any atom is -0.355 e. The summed E-state index contributed by atoms with van der Waals surface area (Å²) in [6.07, 6.45) is -3.81. The highest BCUT2D eigenvalue weighted by Gasteiger charge is 2.35. The molecule has 13 heteroatoms. The molecular formula is C23H26Cl2F3N3O4S. The quantitative estimate of drug-likeness (QED) is 0.450. The fraction of sp³-hybridized carbons (Fsp3) is 0.391. The average molecular weight is 568 g/mol. The first-order valence-corrected chi connectivity index (χ1v) is 13.5. The van der Waals surface area contributed by atoms with Crippen LogP contribution in [-0.2, 0) is 32.3 Å². The number of nitrogens with one attached hydrogen (secondary N) is 1. The summed E-state index contributed by atoms with van der Waals surface area (Å²) in [4.78, 5) is 27.4. The monoisotopic (exact) mass is 567 g/mol. The molecule has 1 atom stereocenters. The van der Waals surface area contributed by atoms with E-state index in [1.165, 1.54) is 4.90 Å². The lowest BCUT2D eigenvalue weighted by molar-refractivity contribution is -0.140. The standard InChI is InChI=1S/C23H26Cl2F3N3O4S/c1-4-19(22(33)29-5-2)30(13-15-6-9-17(24)10-7-15)21(32)14-31(36(3,34)35)20-12-16(23(26,27)28)8-11-18(20)25/h6-12,19H,4-5,13-14H2,1-3H3,(H,29,33)/t19-/m0/s1. The Bertz CT molecular complexity index is 1190. The molecule has 0 aromatic heterocycles. The predicted molar refractivity (Wildman–Crippen MR) is 133 cm³/mol. The third-order valence-electron chi connectivity index (χ3n) is 5.22. The zero-order valence-electron chi connectivity index (χ0n) is 19.8. The molecule has 0 heterocycles. The summed E-state index contributed by atoms with van der Waals surface area (Å²) in [5.74, 6) is -1.26. The Morgan fingerprint density at radius 3 is 2.17 bits per heavy atom. The maximum Gasteiger partial charge on any atom is 0.416 e. The number of rotatable bonds is 10. The Kier molecular flexibility index (Phi) is 10.0. The molecule has 0 fully saturated rings. The first-order valence-electron chi connectivity index (χ1n) is 10.8. The van der Waals surface area contributed by atoms with E-state index in [9.17, 15) is 31.2 Å². The van der Waals surface area contributed by atoms with Gasteiger partial charge in [0.2, 0.25) is 21.8 Å². The van der Waals surface area contributed by atoms with Crippen molar-refractivity contribution in [2.75, 3.05) is 23.7 Å². The van der Waals surface area contributed by atoms with Crippen molar-refractivity contribution in [3.63, 3.8) is 0 Å². The van der Waals surface area contributed by atoms with Gasteiger partial charge in [0.1, 0.15) is 12.6 Å². The van der Waals surface area contributed by atoms with E-state index < -0.39 is 51.9 Å². The van der Waals surface area contributed by atoms with Gasteiger partial charge in [0, 0.05) is 18.1 Å². The van der Waals surface area contributed by atoms with Crippen LogP contribution in [0.1, 0.15) is 31.4 Å². The molecule has 0 aliphatic heterocycles. The van der Waals surface area contributed by atoms with E-state index in [2.05, 4.69) is 5.32 Å². The molecule has 2 aromatic rings. The van der Waals surface area contributed by atoms with Gasteiger partial charge in [0.15, 0.2) is 0 Å². The third kappa shape index (κ3) is 7.75. The highest BCUT2D eigenvalue weighted by molar-refractivity contribution is 7.92. The number of carbonyl (C=O) groups is 2. The SMILES string of the molecule is CCNC(=O)[C@H](CC)N(Cc1ccc(Cl)cc1)C(=O)CN(c1cc(C(F)(F)F)ccc1Cl)S(C)(=O)=O. The van der Waals surface area contributed by atoms with Gasteiger partial charge in [-0.1, -0.05) is 42.3 Å². The number of hydrogen-bond donors (Lipinski definition) is 1. The van der Waals surface area contributed by atoms with Crippen LogP contribution in [0, 0.1) is 0 Å². The lowest BCUT2D eigenvalue weighted by atomic mass is 10.1. The Balaban J connectivity index is 2.53. The summed E-state index contributed by atoms with van der Waals surface area (Å²) >= 11 is 12.0. The van der Waals surface area contributed by atoms with E-state index in [0.29, 0.717) is 33.6 Å². The van der Waals surface area contributed by atoms with Gasteiger partial charge >= 0.3 is 6.18 Å². The fourth-order valence-electron chi connectivity index (χ4n) is 3.47. The maximum atomic E-state index is 13.5. The number of sulfonamides is 1. The molecule has 0 aliphatic carbocycles. The normalized spacial score (nSPS) is 12.7. The van der Waals surface area contributed by atoms with Crippen LogP contribution in [0.5, 0.6) is 0 Å². The van der Waals surface area contributed by atoms with E-state index >= 15 is 0 Å². The summed E-state index contributed by atoms with van der Waals surface area (Å²) in [5, 5.41) is 2.81. The van der Waals surface area contributed by atoms with Crippen LogP contribution in [0.4, 0.5) is 18.9 Å². The van der Waals surface area contributed by atoms with Crippen molar-refractivity contribution in [3.05, 3.63) is 63.6 Å². The lowest BCUT2D eigenvalue weighted by Crippen LogP contribution is -2.52. The van der Waals surface area contributed by atoms with Crippen LogP contribution in [0.15, 0.2) is 42.5 Å². The highest BCUT2D eigenvalue weighted by atomic mass is 35.5. The van der Waals surface area contributed by atoms with Crippen LogP contribution in [0.2, 0.25) is 10.0 Å². The first kappa shape index (κ1) is 29.7. The van der Waals surface area contributed by atoms with Crippen molar-refractivity contribution in [3.8, 4) is 0 Å². The number of alkyl halides is 3. The molecule has 7 nitrogen and oxygen atoms in total. The molecule has 36 heavy (non-hydrogen) atoms. The topological polar surface area (TPSA) is 86.8 Å². The first-order chi connectivity index (χ1) is 16.7. The lowest BCUT2D eigenvalue weighted by Gasteiger charge is -2.33. The van der Waals surface area contributed by atoms with Crippen molar-refractivity contribution < 1.29 is 31.2 Å². The Morgan fingerprint density at radius 1 is 1.06 bits per heavy atom. The second-order valence-corrected chi connectivity index (χ2v) is 10.7. The Morgan fingerprint density at radius 2 is 1.67 bits per heavy atom. The number of amides is 2. The zero-order valence-corrected chi connectivity index (χ0v) is 22.1. The van der Waals surface area contributed by atoms with Crippen LogP contribution in [0.3, 0.4) is 0 Å². The van der Waals surface area contributed by atoms with E-state index in [1.807, 2.05) is 0 Å². The molecule has 0 spiro atoms. The summed E-state index contributed by atoms with van der Waals surface area (Å²) in [6.45, 7) is 2.74. The summed E-state index contributed by atoms with van der Waals surface area (Å²) in [5.41, 5.74) is -1.02. The summed E-state index contributed by atoms with van der Waals surface area (Å²) in [6, 6.07) is 7.71. The number of carbonyl (C=O) groups excluding carboxylic acids is 2. The Labute approximate surface area is 218 Å². The number of likely N-dealkylation sites (N-methyl/N-ethyl adjacent to an activating group) is 1. The van der Waals surface area contributed by atoms with Crippen molar-refractivity contribution in [2.24, 2.45) is 0 Å². The highest BCUT2D eigenvalue weighted by Crippen LogP contribution is 2.36. The van der Waals surface area contributed by atoms with Gasteiger partial charge in [-0.15, -0.1) is 0 Å². The predicted octanol–water partition coefficient (Wildman–Crippen LogP) is 4.72. The number of nitrogens with zero attached hydrogens (tertiary/aromatic N) is 2. The van der Waals surface area contributed by atoms with Gasteiger partial charge in [0.25, 0.3) is 0 Å². The van der Waals surface area contributed by atoms with Gasteiger partial charge in [-0.05, 0) is 49.2 Å². The van der Waals surface area contributed by atoms with E-state index in [1.54, 1.807) is 38.1 Å². The summed E-state index contributed by atoms with van der Waals surface area (Å²) < 4.78 is 65.6. The fourth-order valence-corrected chi connectivity index (χ4v) is 4.72. The van der Waals surface area contributed by atoms with E-state index in [0.717, 1.165) is 12.3 Å². The molecule has 1 N–H and O–H groups in total. The largest absolute Gasteiger partial charge is 0.416 e. The molecule has 0 aliphatic rings. The zero-order chi connectivity index (χ0) is 27.3. The van der Waals surface area contributed by atoms with Crippen molar-refractivity contribution >= 4 is 50.7 Å². The molecule has 2 aromatic carbocycles. The van der Waals surface area contributed by atoms with Gasteiger partial charge in [-0.2, -0.15) is 13.2 Å². The molecule has 0 saturated carbocycles. The molecule has 198 valence electrons. The number of anilines is 1. The molecule has 0 radical (unpaired) electrons. The third-order valence-corrected chi connectivity index (χ3v) is 6.92. The van der Waals surface area contributed by atoms with Crippen LogP contribution >= 0.6 is 23.2 Å². The minimum absolute atomic E-state index is 0.0699. The average Bonchev–Trinajstić information content (AvgIpc) is 2.77. The summed E-state index contributed by atoms with van der Waals surface area (Å²) in [7, 11) is -4.26. The van der Waals surface area contributed by atoms with Gasteiger partial charge < -0.3 is 10.2 Å². The molecule has 0 bridgehead atoms. The van der Waals surface area contributed by atoms with Gasteiger partial charge in [0.05, 0.1) is 22.5 Å². The van der Waals surface area contributed by atoms with Crippen LogP contribution in [-0.4, -0.2) is 50.5 Å². The second-order valence-electron chi connectivity index (χ2n) is 7.90. The molecular weight excluding hydrogens is 542 g/mol. The number of halogens is 5. The number of benzene rings is 2. The van der Waals surface area contributed by atoms with E-state index in [4.69, 9.17) is 23.2 Å². The van der Waals surface area contributed by atoms with Crippen LogP contribution < -0.4 is 9.62 Å². The molecule has 2 amide bonds. The minimum atomic E-state index is -4.77. The van der Waals surface area contributed by atoms with Crippen molar-refractivity contribution in [1.82, 2.24) is 10.2 Å². The van der Waals surface area contributed by atoms with Crippen molar-refractivity contribution in [2.45, 2.75) is 39.0 Å². The van der Waals surface area contributed by atoms with Gasteiger partial charge in [-0.3, -0.25) is 13.9 Å². The second kappa shape index (κ2) is 12.2. The number of hydrogen-bond acceptors (Lipinski definition) is 4. The molecule has 0 saturated heterocycles. The van der Waals surface area contributed by atoms with Gasteiger partial charge in [-0.25, -0.2) is 8.42 Å². The van der Waals surface area contributed by atoms with Crippen molar-refractivity contribution in [1.29, 1.82) is 0 Å². The maximum absolute atomic E-state index is 13.5.